The van der Waals surface area contributed by atoms with Crippen molar-refractivity contribution in [2.24, 2.45) is 0 Å². The second kappa shape index (κ2) is 7.00. The summed E-state index contributed by atoms with van der Waals surface area (Å²) >= 11 is 0. The van der Waals surface area contributed by atoms with Gasteiger partial charge >= 0.3 is 0 Å². The predicted octanol–water partition coefficient (Wildman–Crippen LogP) is 0.649. The number of carbonyl (C=O) groups is 2. The molecule has 3 rings (SSSR count). The van der Waals surface area contributed by atoms with E-state index < -0.39 is 0 Å². The van der Waals surface area contributed by atoms with Crippen LogP contribution in [0.3, 0.4) is 0 Å². The fourth-order valence-electron chi connectivity index (χ4n) is 3.25. The first-order chi connectivity index (χ1) is 11.1. The first kappa shape index (κ1) is 15.8. The van der Waals surface area contributed by atoms with Crippen LogP contribution in [-0.4, -0.2) is 72.3 Å². The smallest absolute Gasteiger partial charge is 0.256 e. The lowest BCUT2D eigenvalue weighted by Gasteiger charge is -2.35. The van der Waals surface area contributed by atoms with E-state index >= 15 is 0 Å². The van der Waals surface area contributed by atoms with E-state index in [9.17, 15) is 9.59 Å². The van der Waals surface area contributed by atoms with Gasteiger partial charge in [0.05, 0.1) is 12.1 Å². The van der Waals surface area contributed by atoms with Crippen LogP contribution < -0.4 is 5.73 Å². The van der Waals surface area contributed by atoms with E-state index in [0.29, 0.717) is 44.0 Å². The van der Waals surface area contributed by atoms with Crippen LogP contribution in [0, 0.1) is 0 Å². The van der Waals surface area contributed by atoms with Gasteiger partial charge in [-0.2, -0.15) is 0 Å². The van der Waals surface area contributed by atoms with Gasteiger partial charge in [0.15, 0.2) is 0 Å². The molecule has 0 unspecified atom stereocenters. The van der Waals surface area contributed by atoms with Gasteiger partial charge in [-0.05, 0) is 38.1 Å². The van der Waals surface area contributed by atoms with E-state index in [1.165, 1.54) is 12.8 Å². The van der Waals surface area contributed by atoms with Crippen molar-refractivity contribution in [2.75, 3.05) is 51.5 Å². The highest BCUT2D eigenvalue weighted by Gasteiger charge is 2.26. The fourth-order valence-corrected chi connectivity index (χ4v) is 3.25. The Morgan fingerprint density at radius 3 is 2.17 bits per heavy atom. The second-order valence-electron chi connectivity index (χ2n) is 6.24. The molecular weight excluding hydrogens is 292 g/mol. The first-order valence-electron chi connectivity index (χ1n) is 8.29. The minimum absolute atomic E-state index is 0.0465. The maximum absolute atomic E-state index is 12.5. The Balaban J connectivity index is 1.52. The predicted molar refractivity (Wildman–Crippen MR) is 89.0 cm³/mol. The number of hydrogen-bond donors (Lipinski definition) is 1. The molecule has 0 aromatic heterocycles. The van der Waals surface area contributed by atoms with Crippen LogP contribution in [0.5, 0.6) is 0 Å². The molecule has 0 spiro atoms. The molecule has 0 atom stereocenters. The SMILES string of the molecule is Nc1ccccc1C(=O)N1CCN(C(=O)CN2CCCC2)CC1. The largest absolute Gasteiger partial charge is 0.398 e. The highest BCUT2D eigenvalue weighted by atomic mass is 16.2. The van der Waals surface area contributed by atoms with E-state index in [4.69, 9.17) is 5.73 Å². The van der Waals surface area contributed by atoms with Gasteiger partial charge in [0.1, 0.15) is 0 Å². The van der Waals surface area contributed by atoms with Crippen molar-refractivity contribution in [1.29, 1.82) is 0 Å². The van der Waals surface area contributed by atoms with Crippen molar-refractivity contribution in [3.8, 4) is 0 Å². The third kappa shape index (κ3) is 3.64. The Labute approximate surface area is 136 Å². The Morgan fingerprint density at radius 2 is 1.52 bits per heavy atom. The standard InChI is InChI=1S/C17H24N4O2/c18-15-6-2-1-5-14(15)17(23)21-11-9-20(10-12-21)16(22)13-19-7-3-4-8-19/h1-2,5-6H,3-4,7-13,18H2. The topological polar surface area (TPSA) is 69.9 Å². The molecule has 6 heteroatoms. The van der Waals surface area contributed by atoms with Crippen molar-refractivity contribution in [3.63, 3.8) is 0 Å². The molecule has 2 N–H and O–H groups in total. The van der Waals surface area contributed by atoms with Crippen LogP contribution in [0.4, 0.5) is 5.69 Å². The minimum Gasteiger partial charge on any atom is -0.398 e. The monoisotopic (exact) mass is 316 g/mol. The number of likely N-dealkylation sites (tertiary alicyclic amines) is 1. The van der Waals surface area contributed by atoms with Crippen molar-refractivity contribution >= 4 is 17.5 Å². The van der Waals surface area contributed by atoms with Crippen LogP contribution in [0.2, 0.25) is 0 Å². The molecule has 2 heterocycles. The number of piperazine rings is 1. The van der Waals surface area contributed by atoms with Crippen molar-refractivity contribution in [1.82, 2.24) is 14.7 Å². The summed E-state index contributed by atoms with van der Waals surface area (Å²) < 4.78 is 0. The zero-order valence-corrected chi connectivity index (χ0v) is 13.4. The quantitative estimate of drug-likeness (QED) is 0.831. The van der Waals surface area contributed by atoms with Crippen LogP contribution >= 0.6 is 0 Å². The number of nitrogens with zero attached hydrogens (tertiary/aromatic N) is 3. The van der Waals surface area contributed by atoms with Gasteiger partial charge in [0, 0.05) is 31.9 Å². The number of anilines is 1. The molecule has 1 aromatic rings. The number of nitrogens with two attached hydrogens (primary N) is 1. The molecule has 2 aliphatic heterocycles. The van der Waals surface area contributed by atoms with E-state index in [-0.39, 0.29) is 11.8 Å². The van der Waals surface area contributed by atoms with E-state index in [2.05, 4.69) is 4.90 Å². The summed E-state index contributed by atoms with van der Waals surface area (Å²) in [6, 6.07) is 7.13. The third-order valence-corrected chi connectivity index (χ3v) is 4.67. The lowest BCUT2D eigenvalue weighted by molar-refractivity contribution is -0.133. The maximum Gasteiger partial charge on any atom is 0.256 e. The van der Waals surface area contributed by atoms with Crippen LogP contribution in [0.1, 0.15) is 23.2 Å². The highest BCUT2D eigenvalue weighted by molar-refractivity contribution is 5.99. The van der Waals surface area contributed by atoms with Gasteiger partial charge in [-0.25, -0.2) is 0 Å². The molecule has 0 aliphatic carbocycles. The van der Waals surface area contributed by atoms with Gasteiger partial charge in [-0.1, -0.05) is 12.1 Å². The molecule has 0 bridgehead atoms. The minimum atomic E-state index is -0.0465. The number of amides is 2. The van der Waals surface area contributed by atoms with E-state index in [1.807, 2.05) is 17.0 Å². The van der Waals surface area contributed by atoms with E-state index in [1.54, 1.807) is 17.0 Å². The number of benzene rings is 1. The Morgan fingerprint density at radius 1 is 0.913 bits per heavy atom. The van der Waals surface area contributed by atoms with Crippen LogP contribution in [0.25, 0.3) is 0 Å². The highest BCUT2D eigenvalue weighted by Crippen LogP contribution is 2.15. The molecule has 2 aliphatic rings. The van der Waals surface area contributed by atoms with E-state index in [0.717, 1.165) is 13.1 Å². The number of rotatable bonds is 3. The molecule has 23 heavy (non-hydrogen) atoms. The third-order valence-electron chi connectivity index (χ3n) is 4.67. The summed E-state index contributed by atoms with van der Waals surface area (Å²) in [5.41, 5.74) is 6.93. The molecule has 0 radical (unpaired) electrons. The summed E-state index contributed by atoms with van der Waals surface area (Å²) in [7, 11) is 0. The summed E-state index contributed by atoms with van der Waals surface area (Å²) in [6.07, 6.45) is 2.38. The Kier molecular flexibility index (Phi) is 4.81. The number of carbonyl (C=O) groups excluding carboxylic acids is 2. The molecule has 2 fully saturated rings. The van der Waals surface area contributed by atoms with Crippen molar-refractivity contribution < 1.29 is 9.59 Å². The zero-order valence-electron chi connectivity index (χ0n) is 13.4. The maximum atomic E-state index is 12.5. The van der Waals surface area contributed by atoms with Gasteiger partial charge in [-0.15, -0.1) is 0 Å². The van der Waals surface area contributed by atoms with Crippen molar-refractivity contribution in [2.45, 2.75) is 12.8 Å². The molecule has 0 saturated carbocycles. The van der Waals surface area contributed by atoms with Crippen LogP contribution in [-0.2, 0) is 4.79 Å². The molecule has 2 saturated heterocycles. The normalized spacial score (nSPS) is 19.1. The molecule has 124 valence electrons. The number of hydrogen-bond acceptors (Lipinski definition) is 4. The lowest BCUT2D eigenvalue weighted by atomic mass is 10.1. The Bertz CT molecular complexity index is 576. The summed E-state index contributed by atoms with van der Waals surface area (Å²) in [5.74, 6) is 0.132. The van der Waals surface area contributed by atoms with Gasteiger partial charge in [0.25, 0.3) is 5.91 Å². The molecule has 6 nitrogen and oxygen atoms in total. The van der Waals surface area contributed by atoms with Gasteiger partial charge in [-0.3, -0.25) is 14.5 Å². The first-order valence-corrected chi connectivity index (χ1v) is 8.29. The zero-order chi connectivity index (χ0) is 16.2. The summed E-state index contributed by atoms with van der Waals surface area (Å²) in [5, 5.41) is 0. The van der Waals surface area contributed by atoms with Crippen molar-refractivity contribution in [3.05, 3.63) is 29.8 Å². The average Bonchev–Trinajstić information content (AvgIpc) is 3.08. The fraction of sp³-hybridized carbons (Fsp3) is 0.529. The average molecular weight is 316 g/mol. The Hall–Kier alpha value is -2.08. The summed E-state index contributed by atoms with van der Waals surface area (Å²) in [4.78, 5) is 30.7. The van der Waals surface area contributed by atoms with Crippen LogP contribution in [0.15, 0.2) is 24.3 Å². The number of nitrogen functional groups attached to an aromatic ring is 1. The van der Waals surface area contributed by atoms with Gasteiger partial charge < -0.3 is 15.5 Å². The molecule has 2 amide bonds. The molecule has 1 aromatic carbocycles. The second-order valence-corrected chi connectivity index (χ2v) is 6.24. The number of para-hydroxylation sites is 1. The van der Waals surface area contributed by atoms with Gasteiger partial charge in [0.2, 0.25) is 5.91 Å². The molecular formula is C17H24N4O2. The lowest BCUT2D eigenvalue weighted by Crippen LogP contribution is -2.52. The summed E-state index contributed by atoms with van der Waals surface area (Å²) in [6.45, 7) is 4.91.